The van der Waals surface area contributed by atoms with Gasteiger partial charge in [-0.05, 0) is 26.1 Å². The van der Waals surface area contributed by atoms with E-state index >= 15 is 0 Å². The second-order valence-electron chi connectivity index (χ2n) is 3.61. The molecule has 0 aliphatic rings. The number of benzene rings is 1. The Labute approximate surface area is 96.7 Å². The summed E-state index contributed by atoms with van der Waals surface area (Å²) in [6, 6.07) is 8.93. The molecule has 4 nitrogen and oxygen atoms in total. The van der Waals surface area contributed by atoms with Gasteiger partial charge in [-0.1, -0.05) is 25.1 Å². The fourth-order valence-corrected chi connectivity index (χ4v) is 2.29. The Kier molecular flexibility index (Phi) is 3.93. The maximum atomic E-state index is 11.8. The molecule has 0 spiro atoms. The first-order chi connectivity index (χ1) is 7.45. The van der Waals surface area contributed by atoms with E-state index < -0.39 is 15.0 Å². The van der Waals surface area contributed by atoms with Crippen molar-refractivity contribution >= 4 is 10.0 Å². The van der Waals surface area contributed by atoms with Crippen molar-refractivity contribution in [3.8, 4) is 5.75 Å². The van der Waals surface area contributed by atoms with Crippen LogP contribution in [-0.2, 0) is 10.0 Å². The van der Waals surface area contributed by atoms with Gasteiger partial charge in [-0.3, -0.25) is 0 Å². The van der Waals surface area contributed by atoms with E-state index in [9.17, 15) is 8.42 Å². The minimum absolute atomic E-state index is 0.366. The standard InChI is InChI=1S/C11H17NO3S/c1-4-11(2,16(13,14)12-3)15-10-8-6-5-7-9-10/h5-9,12H,4H2,1-3H3. The van der Waals surface area contributed by atoms with E-state index in [0.29, 0.717) is 12.2 Å². The summed E-state index contributed by atoms with van der Waals surface area (Å²) in [4.78, 5) is -1.25. The number of sulfonamides is 1. The molecule has 1 atom stereocenters. The van der Waals surface area contributed by atoms with Crippen molar-refractivity contribution in [1.29, 1.82) is 0 Å². The zero-order valence-corrected chi connectivity index (χ0v) is 10.5. The van der Waals surface area contributed by atoms with E-state index in [2.05, 4.69) is 4.72 Å². The van der Waals surface area contributed by atoms with Crippen LogP contribution < -0.4 is 9.46 Å². The molecule has 1 aromatic carbocycles. The minimum Gasteiger partial charge on any atom is -0.470 e. The van der Waals surface area contributed by atoms with Crippen LogP contribution in [0.4, 0.5) is 0 Å². The van der Waals surface area contributed by atoms with Crippen LogP contribution in [0.15, 0.2) is 30.3 Å². The topological polar surface area (TPSA) is 55.4 Å². The Hall–Kier alpha value is -1.07. The molecule has 0 saturated carbocycles. The third kappa shape index (κ3) is 2.54. The Balaban J connectivity index is 3.00. The molecule has 0 fully saturated rings. The van der Waals surface area contributed by atoms with Gasteiger partial charge in [-0.15, -0.1) is 0 Å². The summed E-state index contributed by atoms with van der Waals surface area (Å²) in [6.45, 7) is 3.34. The van der Waals surface area contributed by atoms with Crippen LogP contribution in [0.5, 0.6) is 5.75 Å². The third-order valence-corrected chi connectivity index (χ3v) is 4.60. The Morgan fingerprint density at radius 2 is 1.88 bits per heavy atom. The molecular formula is C11H17NO3S. The van der Waals surface area contributed by atoms with Crippen LogP contribution in [0, 0.1) is 0 Å². The molecule has 1 aromatic rings. The van der Waals surface area contributed by atoms with E-state index in [1.807, 2.05) is 6.07 Å². The van der Waals surface area contributed by atoms with Gasteiger partial charge in [0.1, 0.15) is 5.75 Å². The molecule has 0 aromatic heterocycles. The van der Waals surface area contributed by atoms with E-state index in [1.165, 1.54) is 7.05 Å². The molecule has 0 radical (unpaired) electrons. The number of hydrogen-bond acceptors (Lipinski definition) is 3. The SMILES string of the molecule is CCC(C)(Oc1ccccc1)S(=O)(=O)NC. The number of para-hydroxylation sites is 1. The summed E-state index contributed by atoms with van der Waals surface area (Å²) in [5, 5.41) is 0. The smallest absolute Gasteiger partial charge is 0.252 e. The van der Waals surface area contributed by atoms with Crippen LogP contribution in [0.2, 0.25) is 0 Å². The molecule has 0 aliphatic carbocycles. The van der Waals surface area contributed by atoms with Gasteiger partial charge in [0.2, 0.25) is 4.93 Å². The first-order valence-corrected chi connectivity index (χ1v) is 6.60. The second-order valence-corrected chi connectivity index (χ2v) is 5.89. The predicted molar refractivity (Wildman–Crippen MR) is 63.7 cm³/mol. The highest BCUT2D eigenvalue weighted by atomic mass is 32.2. The molecule has 5 heteroatoms. The fraction of sp³-hybridized carbons (Fsp3) is 0.455. The number of rotatable bonds is 5. The number of ether oxygens (including phenoxy) is 1. The van der Waals surface area contributed by atoms with Gasteiger partial charge < -0.3 is 4.74 Å². The highest BCUT2D eigenvalue weighted by Gasteiger charge is 2.38. The van der Waals surface area contributed by atoms with Gasteiger partial charge >= 0.3 is 0 Å². The zero-order valence-electron chi connectivity index (χ0n) is 9.73. The van der Waals surface area contributed by atoms with Crippen molar-refractivity contribution in [2.75, 3.05) is 7.05 Å². The fourth-order valence-electron chi connectivity index (χ4n) is 1.27. The van der Waals surface area contributed by atoms with Gasteiger partial charge in [-0.2, -0.15) is 0 Å². The van der Waals surface area contributed by atoms with E-state index in [0.717, 1.165) is 0 Å². The largest absolute Gasteiger partial charge is 0.470 e. The summed E-state index contributed by atoms with van der Waals surface area (Å²) in [7, 11) is -2.09. The third-order valence-electron chi connectivity index (χ3n) is 2.56. The average molecular weight is 243 g/mol. The van der Waals surface area contributed by atoms with Gasteiger partial charge in [0.25, 0.3) is 10.0 Å². The summed E-state index contributed by atoms with van der Waals surface area (Å²) in [5.41, 5.74) is 0. The Morgan fingerprint density at radius 1 is 1.31 bits per heavy atom. The van der Waals surface area contributed by atoms with Crippen molar-refractivity contribution in [3.63, 3.8) is 0 Å². The van der Waals surface area contributed by atoms with Crippen LogP contribution in [-0.4, -0.2) is 20.4 Å². The molecule has 16 heavy (non-hydrogen) atoms. The lowest BCUT2D eigenvalue weighted by Crippen LogP contribution is -2.46. The van der Waals surface area contributed by atoms with Crippen molar-refractivity contribution in [1.82, 2.24) is 4.72 Å². The molecular weight excluding hydrogens is 226 g/mol. The van der Waals surface area contributed by atoms with Crippen LogP contribution in [0.1, 0.15) is 20.3 Å². The summed E-state index contributed by atoms with van der Waals surface area (Å²) < 4.78 is 31.5. The van der Waals surface area contributed by atoms with Gasteiger partial charge in [0.15, 0.2) is 0 Å². The minimum atomic E-state index is -3.48. The summed E-state index contributed by atoms with van der Waals surface area (Å²) in [5.74, 6) is 0.547. The Morgan fingerprint density at radius 3 is 2.31 bits per heavy atom. The first kappa shape index (κ1) is 13.0. The molecule has 1 rings (SSSR count). The Bertz CT molecular complexity index is 430. The summed E-state index contributed by atoms with van der Waals surface area (Å²) in [6.07, 6.45) is 0.366. The molecule has 0 bridgehead atoms. The second kappa shape index (κ2) is 4.84. The van der Waals surface area contributed by atoms with E-state index in [-0.39, 0.29) is 0 Å². The highest BCUT2D eigenvalue weighted by Crippen LogP contribution is 2.25. The molecule has 1 unspecified atom stereocenters. The van der Waals surface area contributed by atoms with E-state index in [4.69, 9.17) is 4.74 Å². The molecule has 0 aliphatic heterocycles. The maximum Gasteiger partial charge on any atom is 0.252 e. The highest BCUT2D eigenvalue weighted by molar-refractivity contribution is 7.90. The lowest BCUT2D eigenvalue weighted by molar-refractivity contribution is 0.166. The summed E-state index contributed by atoms with van der Waals surface area (Å²) >= 11 is 0. The van der Waals surface area contributed by atoms with Crippen LogP contribution in [0.3, 0.4) is 0 Å². The van der Waals surface area contributed by atoms with Crippen molar-refractivity contribution in [2.24, 2.45) is 0 Å². The van der Waals surface area contributed by atoms with Crippen molar-refractivity contribution in [2.45, 2.75) is 25.2 Å². The average Bonchev–Trinajstić information content (AvgIpc) is 2.30. The number of hydrogen-bond donors (Lipinski definition) is 1. The molecule has 0 amide bonds. The zero-order chi connectivity index (χ0) is 12.2. The lowest BCUT2D eigenvalue weighted by Gasteiger charge is -2.28. The van der Waals surface area contributed by atoms with Crippen molar-refractivity contribution < 1.29 is 13.2 Å². The lowest BCUT2D eigenvalue weighted by atomic mass is 10.3. The number of nitrogens with one attached hydrogen (secondary N) is 1. The van der Waals surface area contributed by atoms with Gasteiger partial charge in [0.05, 0.1) is 0 Å². The first-order valence-electron chi connectivity index (χ1n) is 5.12. The maximum absolute atomic E-state index is 11.8. The van der Waals surface area contributed by atoms with Crippen LogP contribution >= 0.6 is 0 Å². The normalized spacial score (nSPS) is 15.4. The predicted octanol–water partition coefficient (Wildman–Crippen LogP) is 1.74. The molecule has 0 heterocycles. The van der Waals surface area contributed by atoms with E-state index in [1.54, 1.807) is 38.1 Å². The van der Waals surface area contributed by atoms with Crippen molar-refractivity contribution in [3.05, 3.63) is 30.3 Å². The molecule has 90 valence electrons. The van der Waals surface area contributed by atoms with Crippen LogP contribution in [0.25, 0.3) is 0 Å². The van der Waals surface area contributed by atoms with Gasteiger partial charge in [0, 0.05) is 6.42 Å². The molecule has 1 N–H and O–H groups in total. The monoisotopic (exact) mass is 243 g/mol. The molecule has 0 saturated heterocycles. The van der Waals surface area contributed by atoms with Gasteiger partial charge in [-0.25, -0.2) is 13.1 Å². The quantitative estimate of drug-likeness (QED) is 0.857.